The van der Waals surface area contributed by atoms with Crippen molar-refractivity contribution in [1.29, 1.82) is 0 Å². The van der Waals surface area contributed by atoms with Crippen LogP contribution in [-0.4, -0.2) is 53.5 Å². The molecule has 42 heavy (non-hydrogen) atoms. The summed E-state index contributed by atoms with van der Waals surface area (Å²) < 4.78 is 27.5. The maximum absolute atomic E-state index is 13.8. The van der Waals surface area contributed by atoms with Crippen LogP contribution in [0.5, 0.6) is 5.75 Å². The summed E-state index contributed by atoms with van der Waals surface area (Å²) in [5, 5.41) is 6.69. The second kappa shape index (κ2) is 13.8. The van der Waals surface area contributed by atoms with E-state index in [2.05, 4.69) is 41.8 Å². The summed E-state index contributed by atoms with van der Waals surface area (Å²) in [6.07, 6.45) is 4.80. The molecule has 2 N–H and O–H groups in total. The van der Waals surface area contributed by atoms with Crippen molar-refractivity contribution >= 4 is 43.1 Å². The number of amides is 1. The smallest absolute Gasteiger partial charge is 0.247 e. The van der Waals surface area contributed by atoms with Gasteiger partial charge in [-0.15, -0.1) is 0 Å². The Morgan fingerprint density at radius 2 is 1.90 bits per heavy atom. The molecule has 0 aliphatic rings. The number of anilines is 3. The Labute approximate surface area is 250 Å². The Kier molecular flexibility index (Phi) is 10.1. The molecule has 1 amide bonds. The van der Waals surface area contributed by atoms with Crippen molar-refractivity contribution in [3.05, 3.63) is 73.2 Å². The lowest BCUT2D eigenvalue weighted by Gasteiger charge is -2.17. The van der Waals surface area contributed by atoms with Gasteiger partial charge in [0.2, 0.25) is 11.9 Å². The lowest BCUT2D eigenvalue weighted by atomic mass is 10.1. The van der Waals surface area contributed by atoms with Gasteiger partial charge in [-0.2, -0.15) is 0 Å². The van der Waals surface area contributed by atoms with Gasteiger partial charge < -0.3 is 20.1 Å². The van der Waals surface area contributed by atoms with E-state index >= 15 is 0 Å². The van der Waals surface area contributed by atoms with E-state index in [1.165, 1.54) is 30.0 Å². The summed E-state index contributed by atoms with van der Waals surface area (Å²) >= 11 is 1.50. The largest absolute Gasteiger partial charge is 0.495 e. The summed E-state index contributed by atoms with van der Waals surface area (Å²) in [4.78, 5) is 26.0. The number of rotatable bonds is 13. The Balaban J connectivity index is 1.75. The van der Waals surface area contributed by atoms with Crippen LogP contribution < -0.4 is 15.4 Å². The van der Waals surface area contributed by atoms with Crippen LogP contribution in [0.15, 0.2) is 72.5 Å². The van der Waals surface area contributed by atoms with Gasteiger partial charge in [0.05, 0.1) is 29.9 Å². The van der Waals surface area contributed by atoms with Crippen LogP contribution in [0.2, 0.25) is 25.7 Å². The number of benzene rings is 2. The number of methoxy groups -OCH3 is 1. The highest BCUT2D eigenvalue weighted by molar-refractivity contribution is 7.98. The van der Waals surface area contributed by atoms with Crippen molar-refractivity contribution < 1.29 is 18.7 Å². The summed E-state index contributed by atoms with van der Waals surface area (Å²) in [6, 6.07) is 14.3. The number of carbonyl (C=O) groups excluding carboxylic acids is 1. The van der Waals surface area contributed by atoms with Crippen LogP contribution in [0.4, 0.5) is 21.7 Å². The highest BCUT2D eigenvalue weighted by Gasteiger charge is 2.22. The van der Waals surface area contributed by atoms with Gasteiger partial charge in [0, 0.05) is 32.1 Å². The van der Waals surface area contributed by atoms with E-state index in [1.807, 2.05) is 10.8 Å². The zero-order valence-corrected chi connectivity index (χ0v) is 26.2. The summed E-state index contributed by atoms with van der Waals surface area (Å²) in [7, 11) is 0.281. The molecule has 2 heterocycles. The number of imidazole rings is 1. The third kappa shape index (κ3) is 7.84. The molecule has 4 rings (SSSR count). The molecule has 0 saturated heterocycles. The Bertz CT molecular complexity index is 1560. The average molecular weight is 607 g/mol. The van der Waals surface area contributed by atoms with Crippen molar-refractivity contribution in [2.45, 2.75) is 37.6 Å². The van der Waals surface area contributed by atoms with E-state index in [0.29, 0.717) is 41.1 Å². The van der Waals surface area contributed by atoms with Crippen molar-refractivity contribution in [2.75, 3.05) is 30.6 Å². The van der Waals surface area contributed by atoms with Crippen LogP contribution in [0.3, 0.4) is 0 Å². The molecule has 0 unspecified atom stereocenters. The summed E-state index contributed by atoms with van der Waals surface area (Å²) in [5.41, 5.74) is 3.85. The molecular weight excluding hydrogens is 572 g/mol. The fraction of sp³-hybridized carbons (Fsp3) is 0.267. The maximum Gasteiger partial charge on any atom is 0.247 e. The second-order valence-corrected chi connectivity index (χ2v) is 17.0. The Morgan fingerprint density at radius 1 is 1.14 bits per heavy atom. The molecule has 2 aromatic heterocycles. The van der Waals surface area contributed by atoms with E-state index in [9.17, 15) is 9.18 Å². The third-order valence-electron chi connectivity index (χ3n) is 6.25. The topological polar surface area (TPSA) is 103 Å². The third-order valence-corrected chi connectivity index (χ3v) is 8.63. The minimum atomic E-state index is -1.27. The number of nitrogens with one attached hydrogen (secondary N) is 2. The van der Waals surface area contributed by atoms with Gasteiger partial charge in [-0.3, -0.25) is 9.36 Å². The van der Waals surface area contributed by atoms with E-state index in [0.717, 1.165) is 22.5 Å². The molecule has 4 aromatic rings. The van der Waals surface area contributed by atoms with Crippen LogP contribution in [0.25, 0.3) is 22.6 Å². The van der Waals surface area contributed by atoms with E-state index < -0.39 is 8.07 Å². The number of hydrogen-bond donors (Lipinski definition) is 2. The minimum Gasteiger partial charge on any atom is -0.495 e. The summed E-state index contributed by atoms with van der Waals surface area (Å²) in [6.45, 7) is 11.4. The molecule has 0 aliphatic carbocycles. The molecule has 0 radical (unpaired) electrons. The molecule has 0 atom stereocenters. The van der Waals surface area contributed by atoms with Gasteiger partial charge >= 0.3 is 0 Å². The number of halogens is 1. The van der Waals surface area contributed by atoms with Crippen LogP contribution in [0.1, 0.15) is 0 Å². The van der Waals surface area contributed by atoms with Crippen molar-refractivity contribution in [3.63, 3.8) is 0 Å². The number of ether oxygens (including phenoxy) is 2. The molecule has 2 aromatic carbocycles. The standard InChI is InChI=1S/C30H35FN6O3SSi/c1-7-26(38)33-22-12-13-25(39-2)24(18-22)35-29-32-15-14-23(34-29)28-27(20-8-10-21(31)11-9-20)36-30(41-3)37(28)19-40-16-17-42(4,5)6/h7-15,18H,1,16-17,19H2,2-6H3,(H,33,38)(H,32,34,35). The van der Waals surface area contributed by atoms with E-state index in [-0.39, 0.29) is 18.5 Å². The van der Waals surface area contributed by atoms with E-state index in [1.54, 1.807) is 49.7 Å². The number of nitrogens with zero attached hydrogens (tertiary/aromatic N) is 4. The summed E-state index contributed by atoms with van der Waals surface area (Å²) in [5.74, 6) is 0.190. The molecule has 12 heteroatoms. The number of aromatic nitrogens is 4. The Hall–Kier alpha value is -4.00. The first-order valence-electron chi connectivity index (χ1n) is 13.3. The number of thioether (sulfide) groups is 1. The first-order valence-corrected chi connectivity index (χ1v) is 18.2. The normalized spacial score (nSPS) is 11.3. The molecule has 220 valence electrons. The maximum atomic E-state index is 13.8. The fourth-order valence-electron chi connectivity index (χ4n) is 4.06. The monoisotopic (exact) mass is 606 g/mol. The van der Waals surface area contributed by atoms with Crippen LogP contribution in [0, 0.1) is 5.82 Å². The highest BCUT2D eigenvalue weighted by atomic mass is 32.2. The molecule has 0 saturated carbocycles. The van der Waals surface area contributed by atoms with Crippen molar-refractivity contribution in [3.8, 4) is 28.4 Å². The molecule has 9 nitrogen and oxygen atoms in total. The average Bonchev–Trinajstić information content (AvgIpc) is 3.34. The quantitative estimate of drug-likeness (QED) is 0.0722. The minimum absolute atomic E-state index is 0.288. The predicted octanol–water partition coefficient (Wildman–Crippen LogP) is 7.06. The molecule has 0 fully saturated rings. The molecule has 0 bridgehead atoms. The first kappa shape index (κ1) is 30.9. The highest BCUT2D eigenvalue weighted by Crippen LogP contribution is 2.36. The zero-order chi connectivity index (χ0) is 30.3. The van der Waals surface area contributed by atoms with Crippen molar-refractivity contribution in [1.82, 2.24) is 19.5 Å². The van der Waals surface area contributed by atoms with Gasteiger partial charge in [-0.1, -0.05) is 38.0 Å². The molecular formula is C30H35FN6O3SSi. The lowest BCUT2D eigenvalue weighted by molar-refractivity contribution is -0.111. The van der Waals surface area contributed by atoms with Gasteiger partial charge in [0.15, 0.2) is 5.16 Å². The molecule has 0 spiro atoms. The first-order chi connectivity index (χ1) is 20.1. The molecule has 0 aliphatic heterocycles. The van der Waals surface area contributed by atoms with E-state index in [4.69, 9.17) is 19.4 Å². The zero-order valence-electron chi connectivity index (χ0n) is 24.4. The predicted molar refractivity (Wildman–Crippen MR) is 170 cm³/mol. The van der Waals surface area contributed by atoms with Gasteiger partial charge in [0.25, 0.3) is 0 Å². The second-order valence-electron chi connectivity index (χ2n) is 10.6. The van der Waals surface area contributed by atoms with Crippen LogP contribution in [-0.2, 0) is 16.3 Å². The van der Waals surface area contributed by atoms with Gasteiger partial charge in [-0.25, -0.2) is 19.3 Å². The van der Waals surface area contributed by atoms with Gasteiger partial charge in [0.1, 0.15) is 18.3 Å². The number of hydrogen-bond acceptors (Lipinski definition) is 8. The van der Waals surface area contributed by atoms with Gasteiger partial charge in [-0.05, 0) is 66.9 Å². The van der Waals surface area contributed by atoms with Crippen LogP contribution >= 0.6 is 11.8 Å². The SMILES string of the molecule is C=CC(=O)Nc1ccc(OC)c(Nc2nccc(-c3c(-c4ccc(F)cc4)nc(SC)n3COCC[Si](C)(C)C)n2)c1. The van der Waals surface area contributed by atoms with Crippen molar-refractivity contribution in [2.24, 2.45) is 0 Å². The fourth-order valence-corrected chi connectivity index (χ4v) is 5.36. The number of carbonyl (C=O) groups is 1. The Morgan fingerprint density at radius 3 is 2.57 bits per heavy atom. The lowest BCUT2D eigenvalue weighted by Crippen LogP contribution is -2.22.